The molecule has 1 heterocycles. The van der Waals surface area contributed by atoms with Crippen LogP contribution in [0.1, 0.15) is 40.2 Å². The predicted octanol–water partition coefficient (Wildman–Crippen LogP) is 2.35. The van der Waals surface area contributed by atoms with E-state index in [0.29, 0.717) is 16.0 Å². The molecule has 1 amide bonds. The van der Waals surface area contributed by atoms with Gasteiger partial charge in [-0.05, 0) is 62.4 Å². The molecule has 2 aliphatic carbocycles. The van der Waals surface area contributed by atoms with Gasteiger partial charge in [-0.3, -0.25) is 15.6 Å². The number of hydrogen-bond acceptors (Lipinski definition) is 3. The van der Waals surface area contributed by atoms with Crippen LogP contribution in [-0.2, 0) is 0 Å². The van der Waals surface area contributed by atoms with Gasteiger partial charge in [-0.2, -0.15) is 0 Å². The van der Waals surface area contributed by atoms with Crippen molar-refractivity contribution < 1.29 is 4.79 Å². The molecular formula is C14H19N3OS2. The summed E-state index contributed by atoms with van der Waals surface area (Å²) in [5.74, 6) is 1.50. The maximum atomic E-state index is 11.9. The molecule has 20 heavy (non-hydrogen) atoms. The number of hydrogen-bond donors (Lipinski definition) is 3. The number of carbonyl (C=O) groups excluding carboxylic acids is 1. The number of amides is 1. The van der Waals surface area contributed by atoms with Crippen molar-refractivity contribution in [3.8, 4) is 0 Å². The first-order chi connectivity index (χ1) is 9.61. The van der Waals surface area contributed by atoms with E-state index < -0.39 is 0 Å². The van der Waals surface area contributed by atoms with Crippen molar-refractivity contribution in [3.63, 3.8) is 0 Å². The molecule has 2 aliphatic rings. The summed E-state index contributed by atoms with van der Waals surface area (Å²) in [6.45, 7) is 1.98. The van der Waals surface area contributed by atoms with Gasteiger partial charge in [-0.1, -0.05) is 6.42 Å². The molecule has 0 aliphatic heterocycles. The molecule has 2 saturated carbocycles. The number of thiocarbonyl (C=S) groups is 1. The van der Waals surface area contributed by atoms with E-state index >= 15 is 0 Å². The smallest absolute Gasteiger partial charge is 0.279 e. The Hall–Kier alpha value is -1.14. The standard InChI is InChI=1S/C14H19N3OS2/c1-8-2-5-12(20-8)13(18)16-17-14(19)15-11-7-9-3-4-10(11)6-9/h2,5,9-11H,3-4,6-7H2,1H3,(H,16,18)(H2,15,17,19)/t9-,10+,11-/m0/s1. The van der Waals surface area contributed by atoms with E-state index in [1.54, 1.807) is 0 Å². The Morgan fingerprint density at radius 3 is 2.75 bits per heavy atom. The van der Waals surface area contributed by atoms with E-state index in [0.717, 1.165) is 16.7 Å². The largest absolute Gasteiger partial charge is 0.358 e. The second kappa shape index (κ2) is 5.69. The van der Waals surface area contributed by atoms with Crippen LogP contribution in [0.5, 0.6) is 0 Å². The lowest BCUT2D eigenvalue weighted by Gasteiger charge is -2.24. The van der Waals surface area contributed by atoms with E-state index in [4.69, 9.17) is 12.2 Å². The van der Waals surface area contributed by atoms with Crippen LogP contribution in [-0.4, -0.2) is 17.1 Å². The van der Waals surface area contributed by atoms with E-state index in [-0.39, 0.29) is 5.91 Å². The molecule has 3 atom stereocenters. The minimum absolute atomic E-state index is 0.139. The zero-order valence-electron chi connectivity index (χ0n) is 11.4. The summed E-state index contributed by atoms with van der Waals surface area (Å²) < 4.78 is 0. The Balaban J connectivity index is 1.44. The summed E-state index contributed by atoms with van der Waals surface area (Å²) in [5, 5.41) is 3.85. The quantitative estimate of drug-likeness (QED) is 0.580. The van der Waals surface area contributed by atoms with Gasteiger partial charge in [0.15, 0.2) is 5.11 Å². The van der Waals surface area contributed by atoms with Crippen LogP contribution >= 0.6 is 23.6 Å². The first kappa shape index (κ1) is 13.8. The minimum atomic E-state index is -0.139. The molecule has 3 N–H and O–H groups in total. The molecule has 1 aromatic rings. The van der Waals surface area contributed by atoms with Gasteiger partial charge in [0.1, 0.15) is 0 Å². The van der Waals surface area contributed by atoms with Crippen molar-refractivity contribution in [1.29, 1.82) is 0 Å². The molecule has 0 aromatic carbocycles. The highest BCUT2D eigenvalue weighted by atomic mass is 32.1. The second-order valence-electron chi connectivity index (χ2n) is 5.74. The van der Waals surface area contributed by atoms with Crippen molar-refractivity contribution in [1.82, 2.24) is 16.2 Å². The van der Waals surface area contributed by atoms with Gasteiger partial charge in [-0.15, -0.1) is 11.3 Å². The van der Waals surface area contributed by atoms with Crippen molar-refractivity contribution in [2.45, 2.75) is 38.6 Å². The number of hydrazine groups is 1. The Kier molecular flexibility index (Phi) is 3.94. The Morgan fingerprint density at radius 2 is 2.15 bits per heavy atom. The SMILES string of the molecule is Cc1ccc(C(=O)NNC(=S)N[C@H]2C[C@H]3CC[C@@H]2C3)s1. The number of carbonyl (C=O) groups is 1. The minimum Gasteiger partial charge on any atom is -0.358 e. The van der Waals surface area contributed by atoms with Crippen LogP contribution < -0.4 is 16.2 Å². The summed E-state index contributed by atoms with van der Waals surface area (Å²) in [4.78, 5) is 13.7. The molecule has 2 fully saturated rings. The van der Waals surface area contributed by atoms with Crippen molar-refractivity contribution in [3.05, 3.63) is 21.9 Å². The molecule has 108 valence electrons. The molecule has 1 aromatic heterocycles. The van der Waals surface area contributed by atoms with Crippen LogP contribution in [0.4, 0.5) is 0 Å². The lowest BCUT2D eigenvalue weighted by Crippen LogP contribution is -2.50. The average Bonchev–Trinajstić information content (AvgIpc) is 3.12. The number of thiophene rings is 1. The average molecular weight is 309 g/mol. The third kappa shape index (κ3) is 2.96. The second-order valence-corrected chi connectivity index (χ2v) is 7.44. The molecule has 0 spiro atoms. The lowest BCUT2D eigenvalue weighted by atomic mass is 9.96. The number of fused-ring (bicyclic) bond motifs is 2. The molecule has 2 bridgehead atoms. The van der Waals surface area contributed by atoms with Crippen molar-refractivity contribution in [2.75, 3.05) is 0 Å². The first-order valence-corrected chi connectivity index (χ1v) is 8.27. The highest BCUT2D eigenvalue weighted by Crippen LogP contribution is 2.44. The summed E-state index contributed by atoms with van der Waals surface area (Å²) >= 11 is 6.72. The van der Waals surface area contributed by atoms with E-state index in [1.807, 2.05) is 19.1 Å². The molecule has 0 radical (unpaired) electrons. The molecule has 0 saturated heterocycles. The Labute approximate surface area is 128 Å². The number of rotatable bonds is 2. The monoisotopic (exact) mass is 309 g/mol. The van der Waals surface area contributed by atoms with E-state index in [1.165, 1.54) is 37.0 Å². The van der Waals surface area contributed by atoms with Crippen LogP contribution in [0.3, 0.4) is 0 Å². The molecule has 4 nitrogen and oxygen atoms in total. The normalized spacial score (nSPS) is 27.4. The highest BCUT2D eigenvalue weighted by molar-refractivity contribution is 7.80. The zero-order chi connectivity index (χ0) is 14.1. The van der Waals surface area contributed by atoms with Crippen LogP contribution in [0, 0.1) is 18.8 Å². The molecule has 0 unspecified atom stereocenters. The van der Waals surface area contributed by atoms with Gasteiger partial charge in [-0.25, -0.2) is 0 Å². The third-order valence-electron chi connectivity index (χ3n) is 4.31. The van der Waals surface area contributed by atoms with Gasteiger partial charge in [0, 0.05) is 10.9 Å². The lowest BCUT2D eigenvalue weighted by molar-refractivity contribution is 0.0947. The van der Waals surface area contributed by atoms with Crippen molar-refractivity contribution in [2.24, 2.45) is 11.8 Å². The predicted molar refractivity (Wildman–Crippen MR) is 84.6 cm³/mol. The molecule has 3 rings (SSSR count). The van der Waals surface area contributed by atoms with Gasteiger partial charge in [0.05, 0.1) is 4.88 Å². The van der Waals surface area contributed by atoms with E-state index in [9.17, 15) is 4.79 Å². The Morgan fingerprint density at radius 1 is 1.30 bits per heavy atom. The highest BCUT2D eigenvalue weighted by Gasteiger charge is 2.39. The first-order valence-electron chi connectivity index (χ1n) is 7.05. The van der Waals surface area contributed by atoms with Gasteiger partial charge in [0.2, 0.25) is 0 Å². The maximum Gasteiger partial charge on any atom is 0.279 e. The number of nitrogens with one attached hydrogen (secondary N) is 3. The van der Waals surface area contributed by atoms with E-state index in [2.05, 4.69) is 16.2 Å². The van der Waals surface area contributed by atoms with Gasteiger partial charge >= 0.3 is 0 Å². The molecule has 6 heteroatoms. The summed E-state index contributed by atoms with van der Waals surface area (Å²) in [5.41, 5.74) is 5.45. The van der Waals surface area contributed by atoms with Crippen LogP contribution in [0.25, 0.3) is 0 Å². The summed E-state index contributed by atoms with van der Waals surface area (Å²) in [6.07, 6.45) is 5.23. The fourth-order valence-electron chi connectivity index (χ4n) is 3.36. The van der Waals surface area contributed by atoms with Gasteiger partial charge in [0.25, 0.3) is 5.91 Å². The maximum absolute atomic E-state index is 11.9. The summed E-state index contributed by atoms with van der Waals surface area (Å²) in [6, 6.07) is 4.24. The fourth-order valence-corrected chi connectivity index (χ4v) is 4.32. The topological polar surface area (TPSA) is 53.2 Å². The fraction of sp³-hybridized carbons (Fsp3) is 0.571. The zero-order valence-corrected chi connectivity index (χ0v) is 13.1. The summed E-state index contributed by atoms with van der Waals surface area (Å²) in [7, 11) is 0. The Bertz CT molecular complexity index is 528. The van der Waals surface area contributed by atoms with Crippen LogP contribution in [0.15, 0.2) is 12.1 Å². The number of aryl methyl sites for hydroxylation is 1. The third-order valence-corrected chi connectivity index (χ3v) is 5.53. The molecular weight excluding hydrogens is 290 g/mol. The van der Waals surface area contributed by atoms with Gasteiger partial charge < -0.3 is 5.32 Å². The van der Waals surface area contributed by atoms with Crippen LogP contribution in [0.2, 0.25) is 0 Å². The van der Waals surface area contributed by atoms with Crippen molar-refractivity contribution >= 4 is 34.6 Å².